The Hall–Kier alpha value is -2.63. The first kappa shape index (κ1) is 13.4. The summed E-state index contributed by atoms with van der Waals surface area (Å²) in [5, 5.41) is 6.49. The van der Waals surface area contributed by atoms with Gasteiger partial charge in [-0.05, 0) is 18.6 Å². The third-order valence-corrected chi connectivity index (χ3v) is 3.25. The van der Waals surface area contributed by atoms with Crippen molar-refractivity contribution in [1.29, 1.82) is 0 Å². The fraction of sp³-hybridized carbons (Fsp3) is 0.267. The Bertz CT molecular complexity index is 685. The lowest BCUT2D eigenvalue weighted by Crippen LogP contribution is -2.26. The SMILES string of the molecule is O=C(CCc1cnoc1)NCCc1nc2ccccc2[nH]1. The van der Waals surface area contributed by atoms with Crippen LogP contribution in [0.4, 0.5) is 0 Å². The molecule has 0 bridgehead atoms. The fourth-order valence-electron chi connectivity index (χ4n) is 2.14. The molecule has 0 saturated heterocycles. The third-order valence-electron chi connectivity index (χ3n) is 3.25. The minimum atomic E-state index is 0.0207. The van der Waals surface area contributed by atoms with Gasteiger partial charge in [-0.25, -0.2) is 4.98 Å². The van der Waals surface area contributed by atoms with Crippen molar-refractivity contribution in [3.63, 3.8) is 0 Å². The first-order valence-corrected chi connectivity index (χ1v) is 6.90. The molecule has 3 aromatic rings. The van der Waals surface area contributed by atoms with Gasteiger partial charge in [0.2, 0.25) is 5.91 Å². The predicted octanol–water partition coefficient (Wildman–Crippen LogP) is 1.84. The van der Waals surface area contributed by atoms with Crippen molar-refractivity contribution in [3.05, 3.63) is 48.1 Å². The highest BCUT2D eigenvalue weighted by Gasteiger charge is 2.05. The molecule has 0 saturated carbocycles. The van der Waals surface area contributed by atoms with E-state index in [1.807, 2.05) is 24.3 Å². The Labute approximate surface area is 121 Å². The number of carbonyl (C=O) groups is 1. The van der Waals surface area contributed by atoms with Crippen molar-refractivity contribution in [2.75, 3.05) is 6.54 Å². The number of hydrogen-bond donors (Lipinski definition) is 2. The van der Waals surface area contributed by atoms with Gasteiger partial charge in [-0.15, -0.1) is 0 Å². The lowest BCUT2D eigenvalue weighted by atomic mass is 10.2. The van der Waals surface area contributed by atoms with E-state index in [-0.39, 0.29) is 5.91 Å². The van der Waals surface area contributed by atoms with Crippen LogP contribution in [-0.2, 0) is 17.6 Å². The van der Waals surface area contributed by atoms with Crippen LogP contribution < -0.4 is 5.32 Å². The molecule has 0 atom stereocenters. The van der Waals surface area contributed by atoms with Gasteiger partial charge >= 0.3 is 0 Å². The van der Waals surface area contributed by atoms with E-state index < -0.39 is 0 Å². The topological polar surface area (TPSA) is 83.8 Å². The zero-order chi connectivity index (χ0) is 14.5. The summed E-state index contributed by atoms with van der Waals surface area (Å²) >= 11 is 0. The van der Waals surface area contributed by atoms with Gasteiger partial charge in [0.1, 0.15) is 12.1 Å². The molecule has 0 radical (unpaired) electrons. The number of aryl methyl sites for hydroxylation is 1. The highest BCUT2D eigenvalue weighted by molar-refractivity contribution is 5.76. The number of para-hydroxylation sites is 2. The van der Waals surface area contributed by atoms with Gasteiger partial charge in [-0.3, -0.25) is 4.79 Å². The Kier molecular flexibility index (Phi) is 3.95. The zero-order valence-electron chi connectivity index (χ0n) is 11.5. The van der Waals surface area contributed by atoms with Crippen molar-refractivity contribution >= 4 is 16.9 Å². The lowest BCUT2D eigenvalue weighted by Gasteiger charge is -2.02. The van der Waals surface area contributed by atoms with E-state index in [1.165, 1.54) is 0 Å². The van der Waals surface area contributed by atoms with E-state index in [1.54, 1.807) is 12.5 Å². The predicted molar refractivity (Wildman–Crippen MR) is 77.6 cm³/mol. The van der Waals surface area contributed by atoms with Crippen molar-refractivity contribution in [3.8, 4) is 0 Å². The number of fused-ring (bicyclic) bond motifs is 1. The molecule has 6 nitrogen and oxygen atoms in total. The summed E-state index contributed by atoms with van der Waals surface area (Å²) in [4.78, 5) is 19.4. The second kappa shape index (κ2) is 6.21. The van der Waals surface area contributed by atoms with Crippen LogP contribution in [0.1, 0.15) is 17.8 Å². The highest BCUT2D eigenvalue weighted by Crippen LogP contribution is 2.10. The molecule has 0 spiro atoms. The molecule has 0 aliphatic rings. The smallest absolute Gasteiger partial charge is 0.220 e. The van der Waals surface area contributed by atoms with Crippen LogP contribution in [0, 0.1) is 0 Å². The van der Waals surface area contributed by atoms with Crippen molar-refractivity contribution < 1.29 is 9.32 Å². The van der Waals surface area contributed by atoms with Crippen molar-refractivity contribution in [1.82, 2.24) is 20.4 Å². The Morgan fingerprint density at radius 2 is 2.19 bits per heavy atom. The number of carbonyl (C=O) groups excluding carboxylic acids is 1. The van der Waals surface area contributed by atoms with Crippen LogP contribution in [0.15, 0.2) is 41.2 Å². The van der Waals surface area contributed by atoms with Crippen LogP contribution in [-0.4, -0.2) is 27.6 Å². The molecule has 21 heavy (non-hydrogen) atoms. The van der Waals surface area contributed by atoms with Gasteiger partial charge in [0.25, 0.3) is 0 Å². The van der Waals surface area contributed by atoms with Gasteiger partial charge in [0.15, 0.2) is 0 Å². The molecule has 108 valence electrons. The molecule has 3 rings (SSSR count). The number of hydrogen-bond acceptors (Lipinski definition) is 4. The monoisotopic (exact) mass is 284 g/mol. The van der Waals surface area contributed by atoms with Crippen molar-refractivity contribution in [2.24, 2.45) is 0 Å². The number of H-pyrrole nitrogens is 1. The molecular formula is C15H16N4O2. The molecule has 1 amide bonds. The van der Waals surface area contributed by atoms with E-state index in [0.29, 0.717) is 25.8 Å². The van der Waals surface area contributed by atoms with Gasteiger partial charge in [0, 0.05) is 24.9 Å². The summed E-state index contributed by atoms with van der Waals surface area (Å²) in [7, 11) is 0. The third kappa shape index (κ3) is 3.47. The first-order valence-electron chi connectivity index (χ1n) is 6.90. The summed E-state index contributed by atoms with van der Waals surface area (Å²) < 4.78 is 4.72. The standard InChI is InChI=1S/C15H16N4O2/c20-15(6-5-11-9-17-21-10-11)16-8-7-14-18-12-3-1-2-4-13(12)19-14/h1-4,9-10H,5-8H2,(H,16,20)(H,18,19). The van der Waals surface area contributed by atoms with Crippen LogP contribution in [0.25, 0.3) is 11.0 Å². The summed E-state index contributed by atoms with van der Waals surface area (Å²) in [5.41, 5.74) is 2.90. The van der Waals surface area contributed by atoms with Gasteiger partial charge in [-0.1, -0.05) is 17.3 Å². The molecule has 0 unspecified atom stereocenters. The maximum atomic E-state index is 11.7. The molecule has 0 fully saturated rings. The molecule has 1 aromatic carbocycles. The molecule has 2 heterocycles. The molecular weight excluding hydrogens is 268 g/mol. The first-order chi connectivity index (χ1) is 10.3. The maximum Gasteiger partial charge on any atom is 0.220 e. The minimum absolute atomic E-state index is 0.0207. The normalized spacial score (nSPS) is 10.9. The summed E-state index contributed by atoms with van der Waals surface area (Å²) in [6.45, 7) is 0.572. The molecule has 0 aliphatic heterocycles. The summed E-state index contributed by atoms with van der Waals surface area (Å²) in [5.74, 6) is 0.905. The Morgan fingerprint density at radius 1 is 1.29 bits per heavy atom. The number of benzene rings is 1. The van der Waals surface area contributed by atoms with E-state index in [9.17, 15) is 4.79 Å². The largest absolute Gasteiger partial charge is 0.364 e. The molecule has 2 aromatic heterocycles. The number of imidazole rings is 1. The fourth-order valence-corrected chi connectivity index (χ4v) is 2.14. The average Bonchev–Trinajstić information content (AvgIpc) is 3.14. The van der Waals surface area contributed by atoms with Crippen molar-refractivity contribution in [2.45, 2.75) is 19.3 Å². The Balaban J connectivity index is 1.44. The zero-order valence-corrected chi connectivity index (χ0v) is 11.5. The quantitative estimate of drug-likeness (QED) is 0.723. The molecule has 0 aliphatic carbocycles. The lowest BCUT2D eigenvalue weighted by molar-refractivity contribution is -0.121. The second-order valence-electron chi connectivity index (χ2n) is 4.83. The number of aromatic amines is 1. The van der Waals surface area contributed by atoms with Gasteiger partial charge in [-0.2, -0.15) is 0 Å². The highest BCUT2D eigenvalue weighted by atomic mass is 16.5. The van der Waals surface area contributed by atoms with Crippen LogP contribution in [0.5, 0.6) is 0 Å². The van der Waals surface area contributed by atoms with Crippen LogP contribution >= 0.6 is 0 Å². The molecule has 2 N–H and O–H groups in total. The van der Waals surface area contributed by atoms with E-state index in [4.69, 9.17) is 4.52 Å². The summed E-state index contributed by atoms with van der Waals surface area (Å²) in [6, 6.07) is 7.88. The Morgan fingerprint density at radius 3 is 3.00 bits per heavy atom. The van der Waals surface area contributed by atoms with Gasteiger partial charge < -0.3 is 14.8 Å². The maximum absolute atomic E-state index is 11.7. The van der Waals surface area contributed by atoms with E-state index >= 15 is 0 Å². The number of rotatable bonds is 6. The number of nitrogens with one attached hydrogen (secondary N) is 2. The number of nitrogens with zero attached hydrogens (tertiary/aromatic N) is 2. The average molecular weight is 284 g/mol. The van der Waals surface area contributed by atoms with E-state index in [2.05, 4.69) is 20.4 Å². The number of amides is 1. The number of aromatic nitrogens is 3. The van der Waals surface area contributed by atoms with Gasteiger partial charge in [0.05, 0.1) is 17.2 Å². The van der Waals surface area contributed by atoms with Crippen LogP contribution in [0.2, 0.25) is 0 Å². The summed E-state index contributed by atoms with van der Waals surface area (Å²) in [6.07, 6.45) is 4.94. The van der Waals surface area contributed by atoms with E-state index in [0.717, 1.165) is 22.4 Å². The minimum Gasteiger partial charge on any atom is -0.364 e. The second-order valence-corrected chi connectivity index (χ2v) is 4.83. The molecule has 6 heteroatoms. The van der Waals surface area contributed by atoms with Crippen LogP contribution in [0.3, 0.4) is 0 Å².